The summed E-state index contributed by atoms with van der Waals surface area (Å²) in [7, 11) is 1.76. The van der Waals surface area contributed by atoms with Crippen molar-refractivity contribution in [3.8, 4) is 0 Å². The number of likely N-dealkylation sites (tertiary alicyclic amines) is 2. The number of nitrogens with one attached hydrogen (secondary N) is 1. The second kappa shape index (κ2) is 13.9. The molecule has 206 valence electrons. The first-order chi connectivity index (χ1) is 17.7. The first kappa shape index (κ1) is 29.1. The van der Waals surface area contributed by atoms with Gasteiger partial charge in [0.25, 0.3) is 0 Å². The molecule has 2 amide bonds. The van der Waals surface area contributed by atoms with E-state index in [-0.39, 0.29) is 42.1 Å². The van der Waals surface area contributed by atoms with Gasteiger partial charge in [-0.05, 0) is 77.7 Å². The second-order valence-corrected chi connectivity index (χ2v) is 11.6. The van der Waals surface area contributed by atoms with Crippen molar-refractivity contribution in [3.63, 3.8) is 0 Å². The molecule has 1 aromatic rings. The van der Waals surface area contributed by atoms with Gasteiger partial charge in [0.1, 0.15) is 5.60 Å². The summed E-state index contributed by atoms with van der Waals surface area (Å²) in [6, 6.07) is 3.53. The zero-order valence-electron chi connectivity index (χ0n) is 23.2. The topological polar surface area (TPSA) is 91.8 Å². The van der Waals surface area contributed by atoms with Crippen LogP contribution in [0.1, 0.15) is 90.2 Å². The number of carbonyl (C=O) groups is 3. The van der Waals surface area contributed by atoms with E-state index in [0.29, 0.717) is 6.54 Å². The molecule has 8 nitrogen and oxygen atoms in total. The van der Waals surface area contributed by atoms with Crippen LogP contribution in [0, 0.1) is 11.8 Å². The van der Waals surface area contributed by atoms with Crippen LogP contribution in [0.2, 0.25) is 0 Å². The molecule has 2 fully saturated rings. The van der Waals surface area contributed by atoms with E-state index in [1.807, 2.05) is 32.9 Å². The molecule has 0 aliphatic carbocycles. The predicted octanol–water partition coefficient (Wildman–Crippen LogP) is 4.11. The number of pyridine rings is 1. The van der Waals surface area contributed by atoms with Crippen molar-refractivity contribution in [1.82, 2.24) is 20.1 Å². The van der Waals surface area contributed by atoms with Gasteiger partial charge in [-0.3, -0.25) is 19.4 Å². The number of rotatable bonds is 12. The maximum Gasteiger partial charge on any atom is 0.309 e. The van der Waals surface area contributed by atoms with E-state index in [1.54, 1.807) is 24.3 Å². The number of hydrogen-bond acceptors (Lipinski definition) is 6. The van der Waals surface area contributed by atoms with Crippen molar-refractivity contribution in [2.24, 2.45) is 11.8 Å². The Morgan fingerprint density at radius 2 is 1.76 bits per heavy atom. The lowest BCUT2D eigenvalue weighted by molar-refractivity contribution is -0.161. The fourth-order valence-electron chi connectivity index (χ4n) is 5.40. The van der Waals surface area contributed by atoms with Gasteiger partial charge in [-0.1, -0.05) is 31.7 Å². The second-order valence-electron chi connectivity index (χ2n) is 11.6. The van der Waals surface area contributed by atoms with E-state index in [0.717, 1.165) is 50.9 Å². The Bertz CT molecular complexity index is 878. The Morgan fingerprint density at radius 1 is 1.08 bits per heavy atom. The Kier molecular flexibility index (Phi) is 10.9. The highest BCUT2D eigenvalue weighted by Crippen LogP contribution is 2.36. The average Bonchev–Trinajstić information content (AvgIpc) is 3.16. The number of ether oxygens (including phenoxy) is 1. The number of amides is 2. The summed E-state index contributed by atoms with van der Waals surface area (Å²) in [4.78, 5) is 45.6. The average molecular weight is 515 g/mol. The van der Waals surface area contributed by atoms with Gasteiger partial charge in [0.05, 0.1) is 17.9 Å². The summed E-state index contributed by atoms with van der Waals surface area (Å²) in [5.41, 5.74) is 0.500. The number of unbranched alkanes of at least 4 members (excludes halogenated alkanes) is 5. The van der Waals surface area contributed by atoms with E-state index in [4.69, 9.17) is 4.74 Å². The smallest absolute Gasteiger partial charge is 0.309 e. The number of nitrogens with zero attached hydrogens (tertiary/aromatic N) is 3. The first-order valence-electron chi connectivity index (χ1n) is 14.0. The van der Waals surface area contributed by atoms with Gasteiger partial charge in [0.2, 0.25) is 11.8 Å². The van der Waals surface area contributed by atoms with Crippen molar-refractivity contribution < 1.29 is 19.1 Å². The Hall–Kier alpha value is -2.48. The lowest BCUT2D eigenvalue weighted by Crippen LogP contribution is -2.39. The van der Waals surface area contributed by atoms with E-state index in [9.17, 15) is 14.4 Å². The lowest BCUT2D eigenvalue weighted by atomic mass is 9.94. The summed E-state index contributed by atoms with van der Waals surface area (Å²) in [5, 5.41) is 3.06. The Morgan fingerprint density at radius 3 is 2.41 bits per heavy atom. The minimum atomic E-state index is -0.406. The molecule has 0 bridgehead atoms. The molecule has 2 saturated heterocycles. The minimum Gasteiger partial charge on any atom is -0.460 e. The fourth-order valence-corrected chi connectivity index (χ4v) is 5.40. The third-order valence-corrected chi connectivity index (χ3v) is 7.48. The van der Waals surface area contributed by atoms with Gasteiger partial charge in [0, 0.05) is 32.4 Å². The molecule has 0 spiro atoms. The van der Waals surface area contributed by atoms with Crippen LogP contribution in [0.3, 0.4) is 0 Å². The van der Waals surface area contributed by atoms with Crippen molar-refractivity contribution in [1.29, 1.82) is 0 Å². The molecular weight excluding hydrogens is 468 g/mol. The highest BCUT2D eigenvalue weighted by molar-refractivity contribution is 5.90. The van der Waals surface area contributed by atoms with Gasteiger partial charge in [-0.2, -0.15) is 0 Å². The molecule has 3 heterocycles. The van der Waals surface area contributed by atoms with Gasteiger partial charge in [0.15, 0.2) is 0 Å². The summed E-state index contributed by atoms with van der Waals surface area (Å²) in [6.07, 6.45) is 12.3. The monoisotopic (exact) mass is 514 g/mol. The van der Waals surface area contributed by atoms with Gasteiger partial charge in [-0.15, -0.1) is 0 Å². The molecule has 8 heteroatoms. The standard InChI is InChI=1S/C29H46N4O4/c1-29(2,3)37-28(36)22-13-18-33(19-14-22)17-10-8-6-5-7-9-16-31-27(35)24-20-25(34)32(4)26(24)23-12-11-15-30-21-23/h11-12,15,21-22,24,26H,5-10,13-14,16-20H2,1-4H3,(H,31,35)/t24-,26+/m0/s1. The summed E-state index contributed by atoms with van der Waals surface area (Å²) < 4.78 is 5.54. The van der Waals surface area contributed by atoms with E-state index in [1.165, 1.54) is 25.7 Å². The normalized spacial score (nSPS) is 21.3. The summed E-state index contributed by atoms with van der Waals surface area (Å²) in [6.45, 7) is 9.49. The minimum absolute atomic E-state index is 0.00131. The number of esters is 1. The van der Waals surface area contributed by atoms with Crippen LogP contribution in [-0.4, -0.2) is 71.4 Å². The van der Waals surface area contributed by atoms with Crippen LogP contribution < -0.4 is 5.32 Å². The predicted molar refractivity (Wildman–Crippen MR) is 144 cm³/mol. The molecule has 0 radical (unpaired) electrons. The van der Waals surface area contributed by atoms with Gasteiger partial charge < -0.3 is 19.9 Å². The van der Waals surface area contributed by atoms with Crippen molar-refractivity contribution >= 4 is 17.8 Å². The van der Waals surface area contributed by atoms with Crippen molar-refractivity contribution in [2.45, 2.75) is 90.2 Å². The van der Waals surface area contributed by atoms with Crippen molar-refractivity contribution in [2.75, 3.05) is 33.2 Å². The summed E-state index contributed by atoms with van der Waals surface area (Å²) in [5.74, 6) is -0.396. The van der Waals surface area contributed by atoms with Crippen LogP contribution in [0.15, 0.2) is 24.5 Å². The molecule has 1 aromatic heterocycles. The molecule has 2 atom stereocenters. The van der Waals surface area contributed by atoms with E-state index in [2.05, 4.69) is 15.2 Å². The number of carbonyl (C=O) groups excluding carboxylic acids is 3. The first-order valence-corrected chi connectivity index (χ1v) is 14.0. The Labute approximate surface area is 222 Å². The molecule has 1 N–H and O–H groups in total. The van der Waals surface area contributed by atoms with Crippen LogP contribution in [0.4, 0.5) is 0 Å². The summed E-state index contributed by atoms with van der Waals surface area (Å²) >= 11 is 0. The molecule has 2 aliphatic rings. The van der Waals surface area contributed by atoms with Crippen LogP contribution in [-0.2, 0) is 19.1 Å². The van der Waals surface area contributed by atoms with Crippen LogP contribution in [0.5, 0.6) is 0 Å². The highest BCUT2D eigenvalue weighted by Gasteiger charge is 2.42. The molecule has 3 rings (SSSR count). The quantitative estimate of drug-likeness (QED) is 0.333. The fraction of sp³-hybridized carbons (Fsp3) is 0.724. The number of piperidine rings is 1. The van der Waals surface area contributed by atoms with E-state index < -0.39 is 5.60 Å². The largest absolute Gasteiger partial charge is 0.460 e. The molecule has 0 aromatic carbocycles. The zero-order valence-corrected chi connectivity index (χ0v) is 23.2. The maximum absolute atomic E-state index is 12.8. The van der Waals surface area contributed by atoms with E-state index >= 15 is 0 Å². The maximum atomic E-state index is 12.8. The van der Waals surface area contributed by atoms with Gasteiger partial charge >= 0.3 is 5.97 Å². The molecule has 37 heavy (non-hydrogen) atoms. The SMILES string of the molecule is CN1C(=O)C[C@H](C(=O)NCCCCCCCCN2CCC(C(=O)OC(C)(C)C)CC2)[C@H]1c1cccnc1. The van der Waals surface area contributed by atoms with Gasteiger partial charge in [-0.25, -0.2) is 0 Å². The number of aromatic nitrogens is 1. The third kappa shape index (κ3) is 9.09. The lowest BCUT2D eigenvalue weighted by Gasteiger charge is -2.32. The zero-order chi connectivity index (χ0) is 26.8. The molecular formula is C29H46N4O4. The molecule has 2 aliphatic heterocycles. The number of hydrogen-bond donors (Lipinski definition) is 1. The molecule has 0 unspecified atom stereocenters. The van der Waals surface area contributed by atoms with Crippen molar-refractivity contribution in [3.05, 3.63) is 30.1 Å². The molecule has 0 saturated carbocycles. The van der Waals surface area contributed by atoms with Crippen LogP contribution in [0.25, 0.3) is 0 Å². The Balaban J connectivity index is 1.22. The highest BCUT2D eigenvalue weighted by atomic mass is 16.6. The van der Waals surface area contributed by atoms with Crippen LogP contribution >= 0.6 is 0 Å². The third-order valence-electron chi connectivity index (χ3n) is 7.48.